The van der Waals surface area contributed by atoms with Crippen molar-refractivity contribution in [2.45, 2.75) is 20.8 Å². The first-order chi connectivity index (χ1) is 15.7. The van der Waals surface area contributed by atoms with Gasteiger partial charge in [-0.05, 0) is 45.0 Å². The predicted octanol–water partition coefficient (Wildman–Crippen LogP) is 4.53. The van der Waals surface area contributed by atoms with Gasteiger partial charge in [0, 0.05) is 23.0 Å². The Balaban J connectivity index is 1.92. The number of nitro groups is 2. The zero-order chi connectivity index (χ0) is 24.1. The number of nitro benzene ring substituents is 2. The van der Waals surface area contributed by atoms with Crippen molar-refractivity contribution in [3.05, 3.63) is 91.3 Å². The first-order valence-corrected chi connectivity index (χ1v) is 9.92. The van der Waals surface area contributed by atoms with Gasteiger partial charge in [0.2, 0.25) is 0 Å². The fraction of sp³-hybridized carbons (Fsp3) is 0.182. The molecule has 0 bridgehead atoms. The molecule has 0 saturated heterocycles. The average molecular weight is 451 g/mol. The Morgan fingerprint density at radius 2 is 1.85 bits per heavy atom. The number of ether oxygens (including phenoxy) is 1. The first kappa shape index (κ1) is 23.1. The smallest absolute Gasteiger partial charge is 0.340 e. The lowest BCUT2D eigenvalue weighted by molar-refractivity contribution is -0.393. The van der Waals surface area contributed by atoms with Crippen LogP contribution in [0.2, 0.25) is 0 Å². The Bertz CT molecular complexity index is 1260. The van der Waals surface area contributed by atoms with E-state index >= 15 is 0 Å². The van der Waals surface area contributed by atoms with Gasteiger partial charge in [0.1, 0.15) is 5.69 Å². The monoisotopic (exact) mass is 451 g/mol. The summed E-state index contributed by atoms with van der Waals surface area (Å²) >= 11 is 0. The van der Waals surface area contributed by atoms with Gasteiger partial charge in [-0.25, -0.2) is 4.79 Å². The summed E-state index contributed by atoms with van der Waals surface area (Å²) in [6.45, 7) is 5.73. The molecule has 3 rings (SSSR count). The van der Waals surface area contributed by atoms with Gasteiger partial charge in [0.05, 0.1) is 40.0 Å². The van der Waals surface area contributed by atoms with Crippen LogP contribution in [0.1, 0.15) is 34.2 Å². The number of hydrazone groups is 1. The molecule has 2 aromatic carbocycles. The van der Waals surface area contributed by atoms with Crippen LogP contribution in [-0.2, 0) is 4.74 Å². The van der Waals surface area contributed by atoms with Gasteiger partial charge in [-0.15, -0.1) is 0 Å². The Kier molecular flexibility index (Phi) is 6.82. The average Bonchev–Trinajstić information content (AvgIpc) is 3.06. The molecule has 1 heterocycles. The van der Waals surface area contributed by atoms with E-state index in [9.17, 15) is 25.0 Å². The number of nitrogens with zero attached hydrogens (tertiary/aromatic N) is 4. The van der Waals surface area contributed by atoms with Crippen molar-refractivity contribution >= 4 is 29.2 Å². The molecular weight excluding hydrogens is 430 g/mol. The molecule has 0 amide bonds. The van der Waals surface area contributed by atoms with Crippen LogP contribution in [0.25, 0.3) is 5.69 Å². The Morgan fingerprint density at radius 3 is 2.52 bits per heavy atom. The van der Waals surface area contributed by atoms with Gasteiger partial charge in [0.25, 0.3) is 5.69 Å². The van der Waals surface area contributed by atoms with Crippen LogP contribution in [0.15, 0.2) is 53.6 Å². The van der Waals surface area contributed by atoms with Gasteiger partial charge in [-0.2, -0.15) is 5.10 Å². The molecule has 11 nitrogen and oxygen atoms in total. The van der Waals surface area contributed by atoms with Crippen molar-refractivity contribution < 1.29 is 19.4 Å². The molecule has 1 N–H and O–H groups in total. The minimum atomic E-state index is -0.719. The van der Waals surface area contributed by atoms with Crippen molar-refractivity contribution in [1.82, 2.24) is 4.57 Å². The number of benzene rings is 2. The number of nitrogens with one attached hydrogen (secondary N) is 1. The molecule has 0 atom stereocenters. The predicted molar refractivity (Wildman–Crippen MR) is 122 cm³/mol. The number of rotatable bonds is 8. The molecule has 33 heavy (non-hydrogen) atoms. The molecule has 0 aliphatic carbocycles. The third-order valence-corrected chi connectivity index (χ3v) is 4.89. The fourth-order valence-electron chi connectivity index (χ4n) is 3.39. The highest BCUT2D eigenvalue weighted by molar-refractivity contribution is 5.94. The second-order valence-corrected chi connectivity index (χ2v) is 6.99. The fourth-order valence-corrected chi connectivity index (χ4v) is 3.39. The minimum absolute atomic E-state index is 0.0170. The van der Waals surface area contributed by atoms with Crippen LogP contribution >= 0.6 is 0 Å². The SMILES string of the molecule is CCOC(=O)c1ccccc1-n1c(C)cc(/C=N\Nc2ccc([N+](=O)[O-])cc2[N+](=O)[O-])c1C. The van der Waals surface area contributed by atoms with E-state index in [0.717, 1.165) is 23.5 Å². The number of anilines is 1. The lowest BCUT2D eigenvalue weighted by Gasteiger charge is -2.14. The number of aromatic nitrogens is 1. The van der Waals surface area contributed by atoms with Crippen LogP contribution < -0.4 is 5.43 Å². The van der Waals surface area contributed by atoms with E-state index in [0.29, 0.717) is 16.8 Å². The minimum Gasteiger partial charge on any atom is -0.462 e. The largest absolute Gasteiger partial charge is 0.462 e. The maximum atomic E-state index is 12.4. The molecule has 11 heteroatoms. The van der Waals surface area contributed by atoms with Crippen LogP contribution in [0.3, 0.4) is 0 Å². The molecule has 0 unspecified atom stereocenters. The normalized spacial score (nSPS) is 10.9. The van der Waals surface area contributed by atoms with E-state index in [-0.39, 0.29) is 18.0 Å². The van der Waals surface area contributed by atoms with Gasteiger partial charge in [-0.3, -0.25) is 25.7 Å². The molecule has 1 aromatic heterocycles. The van der Waals surface area contributed by atoms with Crippen LogP contribution in [0.4, 0.5) is 17.1 Å². The standard InChI is InChI=1S/C22H21N5O6/c1-4-33-22(28)18-7-5-6-8-20(18)25-14(2)11-16(15(25)3)13-23-24-19-10-9-17(26(29)30)12-21(19)27(31)32/h5-13,24H,4H2,1-3H3/b23-13-. The maximum Gasteiger partial charge on any atom is 0.340 e. The summed E-state index contributed by atoms with van der Waals surface area (Å²) < 4.78 is 7.05. The summed E-state index contributed by atoms with van der Waals surface area (Å²) in [6, 6.07) is 12.2. The van der Waals surface area contributed by atoms with Crippen molar-refractivity contribution in [2.75, 3.05) is 12.0 Å². The van der Waals surface area contributed by atoms with E-state index < -0.39 is 21.5 Å². The Hall–Kier alpha value is -4.54. The molecule has 0 fully saturated rings. The van der Waals surface area contributed by atoms with Crippen LogP contribution in [0.5, 0.6) is 0 Å². The summed E-state index contributed by atoms with van der Waals surface area (Å²) in [5.74, 6) is -0.428. The number of non-ortho nitro benzene ring substituents is 1. The first-order valence-electron chi connectivity index (χ1n) is 9.92. The number of carbonyl (C=O) groups is 1. The number of para-hydroxylation sites is 1. The second-order valence-electron chi connectivity index (χ2n) is 6.99. The maximum absolute atomic E-state index is 12.4. The molecule has 0 radical (unpaired) electrons. The zero-order valence-electron chi connectivity index (χ0n) is 18.1. The molecule has 0 spiro atoms. The van der Waals surface area contributed by atoms with Crippen LogP contribution in [0, 0.1) is 34.1 Å². The van der Waals surface area contributed by atoms with Crippen molar-refractivity contribution in [1.29, 1.82) is 0 Å². The van der Waals surface area contributed by atoms with E-state index in [2.05, 4.69) is 10.5 Å². The van der Waals surface area contributed by atoms with Gasteiger partial charge in [-0.1, -0.05) is 12.1 Å². The lowest BCUT2D eigenvalue weighted by Crippen LogP contribution is -2.11. The highest BCUT2D eigenvalue weighted by Gasteiger charge is 2.20. The Morgan fingerprint density at radius 1 is 1.12 bits per heavy atom. The summed E-state index contributed by atoms with van der Waals surface area (Å²) in [5, 5.41) is 26.2. The highest BCUT2D eigenvalue weighted by atomic mass is 16.6. The molecular formula is C22H21N5O6. The van der Waals surface area contributed by atoms with Crippen molar-refractivity contribution in [3.8, 4) is 5.69 Å². The molecule has 170 valence electrons. The van der Waals surface area contributed by atoms with E-state index in [1.165, 1.54) is 12.3 Å². The lowest BCUT2D eigenvalue weighted by atomic mass is 10.1. The molecule has 0 aliphatic heterocycles. The van der Waals surface area contributed by atoms with E-state index in [1.807, 2.05) is 36.6 Å². The highest BCUT2D eigenvalue weighted by Crippen LogP contribution is 2.29. The van der Waals surface area contributed by atoms with Crippen LogP contribution in [-0.4, -0.2) is 33.2 Å². The summed E-state index contributed by atoms with van der Waals surface area (Å²) in [6.07, 6.45) is 1.48. The van der Waals surface area contributed by atoms with Gasteiger partial charge >= 0.3 is 11.7 Å². The number of aryl methyl sites for hydroxylation is 1. The summed E-state index contributed by atoms with van der Waals surface area (Å²) in [5.41, 5.74) is 5.15. The van der Waals surface area contributed by atoms with Crippen molar-refractivity contribution in [3.63, 3.8) is 0 Å². The molecule has 0 aliphatic rings. The molecule has 0 saturated carbocycles. The van der Waals surface area contributed by atoms with E-state index in [1.54, 1.807) is 19.1 Å². The zero-order valence-corrected chi connectivity index (χ0v) is 18.1. The third kappa shape index (κ3) is 4.87. The van der Waals surface area contributed by atoms with Gasteiger partial charge in [0.15, 0.2) is 0 Å². The van der Waals surface area contributed by atoms with E-state index in [4.69, 9.17) is 4.74 Å². The molecule has 3 aromatic rings. The summed E-state index contributed by atoms with van der Waals surface area (Å²) in [4.78, 5) is 33.1. The number of hydrogen-bond donors (Lipinski definition) is 1. The number of esters is 1. The van der Waals surface area contributed by atoms with Crippen molar-refractivity contribution in [2.24, 2.45) is 5.10 Å². The summed E-state index contributed by atoms with van der Waals surface area (Å²) in [7, 11) is 0. The number of carbonyl (C=O) groups excluding carboxylic acids is 1. The number of hydrogen-bond acceptors (Lipinski definition) is 8. The Labute approximate surface area is 188 Å². The second kappa shape index (κ2) is 9.73. The van der Waals surface area contributed by atoms with Gasteiger partial charge < -0.3 is 9.30 Å². The third-order valence-electron chi connectivity index (χ3n) is 4.89. The topological polar surface area (TPSA) is 142 Å². The quantitative estimate of drug-likeness (QED) is 0.229.